The van der Waals surface area contributed by atoms with Crippen LogP contribution in [0.25, 0.3) is 0 Å². The zero-order valence-electron chi connectivity index (χ0n) is 12.1. The van der Waals surface area contributed by atoms with E-state index in [0.29, 0.717) is 38.0 Å². The van der Waals surface area contributed by atoms with Gasteiger partial charge in [0.2, 0.25) is 0 Å². The number of aliphatic hydroxyl groups is 1. The van der Waals surface area contributed by atoms with Crippen molar-refractivity contribution in [3.63, 3.8) is 0 Å². The predicted molar refractivity (Wildman–Crippen MR) is 76.3 cm³/mol. The molecule has 1 aromatic rings. The first-order valence-electron chi connectivity index (χ1n) is 7.25. The number of nitrogens with zero attached hydrogens (tertiary/aromatic N) is 1. The summed E-state index contributed by atoms with van der Waals surface area (Å²) in [7, 11) is 0. The van der Waals surface area contributed by atoms with Gasteiger partial charge >= 0.3 is 6.18 Å². The van der Waals surface area contributed by atoms with E-state index in [1.54, 1.807) is 11.0 Å². The molecule has 0 saturated carbocycles. The molecule has 1 heterocycles. The maximum atomic E-state index is 13.3. The lowest BCUT2D eigenvalue weighted by atomic mass is 10.0. The third-order valence-corrected chi connectivity index (χ3v) is 3.68. The summed E-state index contributed by atoms with van der Waals surface area (Å²) in [5.41, 5.74) is 0.166. The standard InChI is InChI=1S/C15H21F3N2O/c1-2-19-9-11-5-6-14(13(8-11)15(16,17)18)20-7-3-4-12(21)10-20/h5-6,8,12,19,21H,2-4,7,9-10H2,1H3. The van der Waals surface area contributed by atoms with Crippen LogP contribution in [0.5, 0.6) is 0 Å². The van der Waals surface area contributed by atoms with E-state index in [0.717, 1.165) is 0 Å². The second-order valence-electron chi connectivity index (χ2n) is 5.37. The third kappa shape index (κ3) is 4.11. The lowest BCUT2D eigenvalue weighted by Gasteiger charge is -2.33. The van der Waals surface area contributed by atoms with Gasteiger partial charge in [0.05, 0.1) is 11.7 Å². The largest absolute Gasteiger partial charge is 0.418 e. The summed E-state index contributed by atoms with van der Waals surface area (Å²) in [6.07, 6.45) is -3.59. The van der Waals surface area contributed by atoms with Crippen molar-refractivity contribution in [2.75, 3.05) is 24.5 Å². The Labute approximate surface area is 122 Å². The molecule has 1 saturated heterocycles. The topological polar surface area (TPSA) is 35.5 Å². The number of piperidine rings is 1. The van der Waals surface area contributed by atoms with E-state index in [-0.39, 0.29) is 12.2 Å². The van der Waals surface area contributed by atoms with Crippen molar-refractivity contribution in [2.24, 2.45) is 0 Å². The highest BCUT2D eigenvalue weighted by molar-refractivity contribution is 5.57. The van der Waals surface area contributed by atoms with Gasteiger partial charge in [-0.05, 0) is 37.1 Å². The molecule has 1 fully saturated rings. The number of hydrogen-bond acceptors (Lipinski definition) is 3. The van der Waals surface area contributed by atoms with Crippen LogP contribution in [0.1, 0.15) is 30.9 Å². The summed E-state index contributed by atoms with van der Waals surface area (Å²) < 4.78 is 39.9. The monoisotopic (exact) mass is 302 g/mol. The Kier molecular flexibility index (Phi) is 5.11. The van der Waals surface area contributed by atoms with Crippen LogP contribution in [0.3, 0.4) is 0 Å². The summed E-state index contributed by atoms with van der Waals surface area (Å²) in [4.78, 5) is 1.63. The van der Waals surface area contributed by atoms with E-state index in [1.165, 1.54) is 12.1 Å². The van der Waals surface area contributed by atoms with E-state index in [1.807, 2.05) is 6.92 Å². The van der Waals surface area contributed by atoms with Crippen LogP contribution in [0.4, 0.5) is 18.9 Å². The zero-order chi connectivity index (χ0) is 15.5. The minimum Gasteiger partial charge on any atom is -0.391 e. The Balaban J connectivity index is 2.31. The van der Waals surface area contributed by atoms with Crippen molar-refractivity contribution in [2.45, 2.75) is 38.6 Å². The molecule has 0 radical (unpaired) electrons. The van der Waals surface area contributed by atoms with Gasteiger partial charge in [0.15, 0.2) is 0 Å². The fraction of sp³-hybridized carbons (Fsp3) is 0.600. The number of nitrogens with one attached hydrogen (secondary N) is 1. The van der Waals surface area contributed by atoms with Gasteiger partial charge in [-0.25, -0.2) is 0 Å². The van der Waals surface area contributed by atoms with Crippen LogP contribution in [0, 0.1) is 0 Å². The Morgan fingerprint density at radius 2 is 2.14 bits per heavy atom. The molecule has 0 spiro atoms. The molecule has 21 heavy (non-hydrogen) atoms. The molecule has 0 aromatic heterocycles. The lowest BCUT2D eigenvalue weighted by molar-refractivity contribution is -0.137. The highest BCUT2D eigenvalue weighted by atomic mass is 19.4. The molecule has 1 aromatic carbocycles. The Morgan fingerprint density at radius 1 is 1.38 bits per heavy atom. The molecular weight excluding hydrogens is 281 g/mol. The molecule has 2 rings (SSSR count). The van der Waals surface area contributed by atoms with Crippen LogP contribution < -0.4 is 10.2 Å². The summed E-state index contributed by atoms with van der Waals surface area (Å²) in [6, 6.07) is 4.45. The summed E-state index contributed by atoms with van der Waals surface area (Å²) >= 11 is 0. The van der Waals surface area contributed by atoms with Gasteiger partial charge < -0.3 is 15.3 Å². The Hall–Kier alpha value is -1.27. The van der Waals surface area contributed by atoms with Crippen LogP contribution in [0.15, 0.2) is 18.2 Å². The maximum Gasteiger partial charge on any atom is 0.418 e. The average Bonchev–Trinajstić information content (AvgIpc) is 2.44. The number of hydrogen-bond donors (Lipinski definition) is 2. The van der Waals surface area contributed by atoms with Crippen LogP contribution in [-0.4, -0.2) is 30.8 Å². The molecule has 0 amide bonds. The van der Waals surface area contributed by atoms with Crippen LogP contribution in [-0.2, 0) is 12.7 Å². The number of anilines is 1. The minimum atomic E-state index is -4.39. The van der Waals surface area contributed by atoms with Crippen molar-refractivity contribution in [3.8, 4) is 0 Å². The number of rotatable bonds is 4. The molecule has 6 heteroatoms. The van der Waals surface area contributed by atoms with Crippen molar-refractivity contribution in [3.05, 3.63) is 29.3 Å². The second kappa shape index (κ2) is 6.66. The van der Waals surface area contributed by atoms with Gasteiger partial charge in [-0.3, -0.25) is 0 Å². The summed E-state index contributed by atoms with van der Waals surface area (Å²) in [5, 5.41) is 12.7. The molecule has 1 aliphatic heterocycles. The van der Waals surface area contributed by atoms with E-state index < -0.39 is 17.8 Å². The van der Waals surface area contributed by atoms with Gasteiger partial charge in [-0.1, -0.05) is 13.0 Å². The van der Waals surface area contributed by atoms with Gasteiger partial charge in [0, 0.05) is 25.3 Å². The molecule has 0 aliphatic carbocycles. The van der Waals surface area contributed by atoms with E-state index in [4.69, 9.17) is 0 Å². The number of aliphatic hydroxyl groups excluding tert-OH is 1. The summed E-state index contributed by atoms with van der Waals surface area (Å²) in [5.74, 6) is 0. The fourth-order valence-corrected chi connectivity index (χ4v) is 2.64. The molecule has 0 bridgehead atoms. The average molecular weight is 302 g/mol. The molecule has 1 unspecified atom stereocenters. The first-order chi connectivity index (χ1) is 9.91. The highest BCUT2D eigenvalue weighted by Crippen LogP contribution is 2.38. The first kappa shape index (κ1) is 16.1. The third-order valence-electron chi connectivity index (χ3n) is 3.68. The fourth-order valence-electron chi connectivity index (χ4n) is 2.64. The second-order valence-corrected chi connectivity index (χ2v) is 5.37. The maximum absolute atomic E-state index is 13.3. The van der Waals surface area contributed by atoms with Crippen LogP contribution >= 0.6 is 0 Å². The Morgan fingerprint density at radius 3 is 2.76 bits per heavy atom. The molecule has 3 nitrogen and oxygen atoms in total. The van der Waals surface area contributed by atoms with E-state index in [2.05, 4.69) is 5.32 Å². The Bertz CT molecular complexity index is 476. The number of alkyl halides is 3. The first-order valence-corrected chi connectivity index (χ1v) is 7.25. The smallest absolute Gasteiger partial charge is 0.391 e. The van der Waals surface area contributed by atoms with Crippen molar-refractivity contribution in [1.82, 2.24) is 5.32 Å². The molecule has 1 atom stereocenters. The van der Waals surface area contributed by atoms with E-state index >= 15 is 0 Å². The molecule has 1 aliphatic rings. The molecule has 2 N–H and O–H groups in total. The van der Waals surface area contributed by atoms with Gasteiger partial charge in [0.1, 0.15) is 0 Å². The van der Waals surface area contributed by atoms with Crippen LogP contribution in [0.2, 0.25) is 0 Å². The van der Waals surface area contributed by atoms with Gasteiger partial charge in [0.25, 0.3) is 0 Å². The van der Waals surface area contributed by atoms with E-state index in [9.17, 15) is 18.3 Å². The summed E-state index contributed by atoms with van der Waals surface area (Å²) in [6.45, 7) is 3.85. The minimum absolute atomic E-state index is 0.168. The zero-order valence-corrected chi connectivity index (χ0v) is 12.1. The number of benzene rings is 1. The molecule has 118 valence electrons. The van der Waals surface area contributed by atoms with Gasteiger partial charge in [-0.2, -0.15) is 13.2 Å². The quantitative estimate of drug-likeness (QED) is 0.898. The normalized spacial score (nSPS) is 19.9. The highest BCUT2D eigenvalue weighted by Gasteiger charge is 2.36. The SMILES string of the molecule is CCNCc1ccc(N2CCCC(O)C2)c(C(F)(F)F)c1. The lowest BCUT2D eigenvalue weighted by Crippen LogP contribution is -2.39. The van der Waals surface area contributed by atoms with Crippen molar-refractivity contribution in [1.29, 1.82) is 0 Å². The van der Waals surface area contributed by atoms with Crippen molar-refractivity contribution < 1.29 is 18.3 Å². The molecular formula is C15H21F3N2O. The number of halogens is 3. The number of β-amino-alcohol motifs (C(OH)–C–C–N with tert-alkyl or cyclic N) is 1. The predicted octanol–water partition coefficient (Wildman–Crippen LogP) is 2.78. The van der Waals surface area contributed by atoms with Crippen molar-refractivity contribution >= 4 is 5.69 Å². The van der Waals surface area contributed by atoms with Gasteiger partial charge in [-0.15, -0.1) is 0 Å².